The molecule has 7 heteroatoms. The Labute approximate surface area is 157 Å². The third kappa shape index (κ3) is 4.14. The van der Waals surface area contributed by atoms with Crippen LogP contribution >= 0.6 is 11.6 Å². The standard InChI is InChI=1S/C19H21ClN4O2/c1-21-19(26)16-3-2-8-22-18(16)24-11-9-23(10-12-24)17(25)13-14-4-6-15(20)7-5-14/h2-8H,9-13H2,1H3,(H,21,26). The first-order valence-electron chi connectivity index (χ1n) is 8.52. The zero-order chi connectivity index (χ0) is 18.5. The van der Waals surface area contributed by atoms with Crippen LogP contribution in [-0.2, 0) is 11.2 Å². The minimum Gasteiger partial charge on any atom is -0.355 e. The number of aromatic nitrogens is 1. The van der Waals surface area contributed by atoms with Crippen molar-refractivity contribution < 1.29 is 9.59 Å². The van der Waals surface area contributed by atoms with Gasteiger partial charge < -0.3 is 15.1 Å². The lowest BCUT2D eigenvalue weighted by Gasteiger charge is -2.36. The smallest absolute Gasteiger partial charge is 0.254 e. The van der Waals surface area contributed by atoms with Crippen LogP contribution in [0.25, 0.3) is 0 Å². The SMILES string of the molecule is CNC(=O)c1cccnc1N1CCN(C(=O)Cc2ccc(Cl)cc2)CC1. The molecular formula is C19H21ClN4O2. The summed E-state index contributed by atoms with van der Waals surface area (Å²) in [5.41, 5.74) is 1.50. The Bertz CT molecular complexity index is 786. The maximum absolute atomic E-state index is 12.5. The molecule has 0 spiro atoms. The lowest BCUT2D eigenvalue weighted by atomic mass is 10.1. The molecule has 26 heavy (non-hydrogen) atoms. The topological polar surface area (TPSA) is 65.5 Å². The molecule has 1 aliphatic heterocycles. The van der Waals surface area contributed by atoms with Gasteiger partial charge in [-0.3, -0.25) is 9.59 Å². The van der Waals surface area contributed by atoms with Crippen LogP contribution in [-0.4, -0.2) is 54.9 Å². The van der Waals surface area contributed by atoms with Crippen LogP contribution < -0.4 is 10.2 Å². The van der Waals surface area contributed by atoms with E-state index in [-0.39, 0.29) is 11.8 Å². The van der Waals surface area contributed by atoms with Crippen molar-refractivity contribution in [1.29, 1.82) is 0 Å². The number of nitrogens with zero attached hydrogens (tertiary/aromatic N) is 3. The molecule has 1 aliphatic rings. The largest absolute Gasteiger partial charge is 0.355 e. The first-order valence-corrected chi connectivity index (χ1v) is 8.90. The van der Waals surface area contributed by atoms with Gasteiger partial charge in [0, 0.05) is 44.4 Å². The second-order valence-corrected chi connectivity index (χ2v) is 6.56. The molecule has 1 N–H and O–H groups in total. The number of anilines is 1. The lowest BCUT2D eigenvalue weighted by Crippen LogP contribution is -2.49. The third-order valence-electron chi connectivity index (χ3n) is 4.46. The molecule has 2 heterocycles. The molecule has 0 aliphatic carbocycles. The second kappa shape index (κ2) is 8.19. The van der Waals surface area contributed by atoms with Crippen molar-refractivity contribution in [3.05, 3.63) is 58.7 Å². The highest BCUT2D eigenvalue weighted by Crippen LogP contribution is 2.19. The van der Waals surface area contributed by atoms with Gasteiger partial charge in [0.15, 0.2) is 0 Å². The van der Waals surface area contributed by atoms with E-state index in [0.29, 0.717) is 49.0 Å². The van der Waals surface area contributed by atoms with Crippen LogP contribution in [0.1, 0.15) is 15.9 Å². The van der Waals surface area contributed by atoms with Crippen molar-refractivity contribution in [3.63, 3.8) is 0 Å². The molecule has 1 saturated heterocycles. The fourth-order valence-corrected chi connectivity index (χ4v) is 3.14. The van der Waals surface area contributed by atoms with E-state index in [2.05, 4.69) is 15.2 Å². The minimum atomic E-state index is -0.158. The average Bonchev–Trinajstić information content (AvgIpc) is 2.69. The Hall–Kier alpha value is -2.60. The van der Waals surface area contributed by atoms with Gasteiger partial charge in [-0.25, -0.2) is 4.98 Å². The van der Waals surface area contributed by atoms with Gasteiger partial charge in [-0.1, -0.05) is 23.7 Å². The molecule has 0 unspecified atom stereocenters. The molecule has 1 aromatic carbocycles. The maximum atomic E-state index is 12.5. The molecule has 1 fully saturated rings. The van der Waals surface area contributed by atoms with Gasteiger partial charge in [-0.05, 0) is 29.8 Å². The lowest BCUT2D eigenvalue weighted by molar-refractivity contribution is -0.130. The van der Waals surface area contributed by atoms with Crippen molar-refractivity contribution in [2.75, 3.05) is 38.1 Å². The third-order valence-corrected chi connectivity index (χ3v) is 4.71. The zero-order valence-corrected chi connectivity index (χ0v) is 15.4. The van der Waals surface area contributed by atoms with Crippen molar-refractivity contribution in [1.82, 2.24) is 15.2 Å². The monoisotopic (exact) mass is 372 g/mol. The Morgan fingerprint density at radius 2 is 1.81 bits per heavy atom. The second-order valence-electron chi connectivity index (χ2n) is 6.12. The van der Waals surface area contributed by atoms with E-state index in [0.717, 1.165) is 5.56 Å². The van der Waals surface area contributed by atoms with Gasteiger partial charge in [0.1, 0.15) is 5.82 Å². The molecule has 0 bridgehead atoms. The normalized spacial score (nSPS) is 14.2. The molecule has 2 aromatic rings. The van der Waals surface area contributed by atoms with Crippen molar-refractivity contribution in [3.8, 4) is 0 Å². The molecule has 136 valence electrons. The number of piperazine rings is 1. The molecule has 0 atom stereocenters. The number of nitrogens with one attached hydrogen (secondary N) is 1. The highest BCUT2D eigenvalue weighted by molar-refractivity contribution is 6.30. The van der Waals surface area contributed by atoms with Crippen LogP contribution in [0.3, 0.4) is 0 Å². The molecule has 6 nitrogen and oxygen atoms in total. The Morgan fingerprint density at radius 3 is 2.46 bits per heavy atom. The van der Waals surface area contributed by atoms with Crippen molar-refractivity contribution in [2.45, 2.75) is 6.42 Å². The molecule has 0 radical (unpaired) electrons. The number of hydrogen-bond acceptors (Lipinski definition) is 4. The van der Waals surface area contributed by atoms with Gasteiger partial charge >= 0.3 is 0 Å². The summed E-state index contributed by atoms with van der Waals surface area (Å²) in [5, 5.41) is 3.30. The fraction of sp³-hybridized carbons (Fsp3) is 0.316. The quantitative estimate of drug-likeness (QED) is 0.891. The summed E-state index contributed by atoms with van der Waals surface area (Å²) in [6.45, 7) is 2.51. The summed E-state index contributed by atoms with van der Waals surface area (Å²) in [4.78, 5) is 32.8. The number of amides is 2. The van der Waals surface area contributed by atoms with Crippen LogP contribution in [0.2, 0.25) is 5.02 Å². The number of halogens is 1. The molecular weight excluding hydrogens is 352 g/mol. The van der Waals surface area contributed by atoms with Crippen molar-refractivity contribution >= 4 is 29.2 Å². The van der Waals surface area contributed by atoms with E-state index in [1.807, 2.05) is 17.0 Å². The van der Waals surface area contributed by atoms with Crippen LogP contribution in [0.4, 0.5) is 5.82 Å². The van der Waals surface area contributed by atoms with Crippen molar-refractivity contribution in [2.24, 2.45) is 0 Å². The van der Waals surface area contributed by atoms with Crippen LogP contribution in [0, 0.1) is 0 Å². The Kier molecular flexibility index (Phi) is 5.73. The first kappa shape index (κ1) is 18.2. The predicted molar refractivity (Wildman–Crippen MR) is 102 cm³/mol. The van der Waals surface area contributed by atoms with Gasteiger partial charge in [0.05, 0.1) is 12.0 Å². The highest BCUT2D eigenvalue weighted by Gasteiger charge is 2.24. The molecule has 3 rings (SSSR count). The molecule has 0 saturated carbocycles. The van der Waals surface area contributed by atoms with Gasteiger partial charge in [-0.15, -0.1) is 0 Å². The number of benzene rings is 1. The predicted octanol–water partition coefficient (Wildman–Crippen LogP) is 1.99. The van der Waals surface area contributed by atoms with Gasteiger partial charge in [0.2, 0.25) is 5.91 Å². The summed E-state index contributed by atoms with van der Waals surface area (Å²) >= 11 is 5.88. The summed E-state index contributed by atoms with van der Waals surface area (Å²) in [5.74, 6) is 0.602. The maximum Gasteiger partial charge on any atom is 0.254 e. The van der Waals surface area contributed by atoms with Crippen LogP contribution in [0.5, 0.6) is 0 Å². The Morgan fingerprint density at radius 1 is 1.12 bits per heavy atom. The van der Waals surface area contributed by atoms with E-state index in [9.17, 15) is 9.59 Å². The van der Waals surface area contributed by atoms with E-state index in [4.69, 9.17) is 11.6 Å². The minimum absolute atomic E-state index is 0.0968. The summed E-state index contributed by atoms with van der Waals surface area (Å²) in [6.07, 6.45) is 2.05. The van der Waals surface area contributed by atoms with E-state index < -0.39 is 0 Å². The molecule has 2 amide bonds. The number of carbonyl (C=O) groups is 2. The summed E-state index contributed by atoms with van der Waals surface area (Å²) in [7, 11) is 1.60. The fourth-order valence-electron chi connectivity index (χ4n) is 3.02. The number of pyridine rings is 1. The van der Waals surface area contributed by atoms with Gasteiger partial charge in [0.25, 0.3) is 5.91 Å². The van der Waals surface area contributed by atoms with E-state index >= 15 is 0 Å². The number of hydrogen-bond donors (Lipinski definition) is 1. The molecule has 1 aromatic heterocycles. The average molecular weight is 373 g/mol. The zero-order valence-electron chi connectivity index (χ0n) is 14.6. The number of carbonyl (C=O) groups excluding carboxylic acids is 2. The Balaban J connectivity index is 1.62. The first-order chi connectivity index (χ1) is 12.6. The van der Waals surface area contributed by atoms with Gasteiger partial charge in [-0.2, -0.15) is 0 Å². The highest BCUT2D eigenvalue weighted by atomic mass is 35.5. The van der Waals surface area contributed by atoms with Crippen LogP contribution in [0.15, 0.2) is 42.6 Å². The summed E-state index contributed by atoms with van der Waals surface area (Å²) in [6, 6.07) is 10.9. The summed E-state index contributed by atoms with van der Waals surface area (Å²) < 4.78 is 0. The number of rotatable bonds is 4. The van der Waals surface area contributed by atoms with E-state index in [1.54, 1.807) is 37.5 Å². The van der Waals surface area contributed by atoms with E-state index in [1.165, 1.54) is 0 Å².